The van der Waals surface area contributed by atoms with Gasteiger partial charge in [0, 0.05) is 23.1 Å². The zero-order valence-corrected chi connectivity index (χ0v) is 31.1. The van der Waals surface area contributed by atoms with Gasteiger partial charge >= 0.3 is 12.1 Å². The Morgan fingerprint density at radius 1 is 0.712 bits per heavy atom. The van der Waals surface area contributed by atoms with Crippen LogP contribution >= 0.6 is 0 Å². The van der Waals surface area contributed by atoms with Crippen LogP contribution < -0.4 is 18.9 Å². The van der Waals surface area contributed by atoms with Gasteiger partial charge in [-0.15, -0.1) is 4.91 Å². The predicted octanol–water partition coefficient (Wildman–Crippen LogP) is 6.90. The van der Waals surface area contributed by atoms with E-state index in [0.717, 1.165) is 54.6 Å². The number of nitroso groups, excluding NO2 is 1. The second-order valence-corrected chi connectivity index (χ2v) is 13.5. The second kappa shape index (κ2) is 19.7. The fourth-order valence-electron chi connectivity index (χ4n) is 6.91. The third-order valence-electron chi connectivity index (χ3n) is 9.61. The highest BCUT2D eigenvalue weighted by molar-refractivity contribution is 5.69. The number of piperidine rings is 1. The van der Waals surface area contributed by atoms with E-state index in [-0.39, 0.29) is 13.0 Å². The van der Waals surface area contributed by atoms with Crippen LogP contribution in [-0.2, 0) is 38.6 Å². The van der Waals surface area contributed by atoms with E-state index in [1.807, 2.05) is 49.5 Å². The van der Waals surface area contributed by atoms with Crippen molar-refractivity contribution in [3.05, 3.63) is 82.3 Å². The minimum absolute atomic E-state index is 0.0601. The third kappa shape index (κ3) is 11.8. The molecule has 0 N–H and O–H groups in total. The molecule has 13 nitrogen and oxygen atoms in total. The van der Waals surface area contributed by atoms with Crippen molar-refractivity contribution in [1.29, 1.82) is 0 Å². The Balaban J connectivity index is 1.24. The molecule has 282 valence electrons. The Hall–Kier alpha value is -4.88. The van der Waals surface area contributed by atoms with E-state index >= 15 is 0 Å². The van der Waals surface area contributed by atoms with E-state index in [1.165, 1.54) is 12.0 Å². The zero-order valence-electron chi connectivity index (χ0n) is 31.1. The second-order valence-electron chi connectivity index (χ2n) is 13.5. The summed E-state index contributed by atoms with van der Waals surface area (Å²) in [5.41, 5.74) is 3.50. The van der Waals surface area contributed by atoms with Crippen molar-refractivity contribution in [2.24, 2.45) is 5.18 Å². The highest BCUT2D eigenvalue weighted by atomic mass is 16.8. The van der Waals surface area contributed by atoms with Gasteiger partial charge in [0.2, 0.25) is 6.79 Å². The summed E-state index contributed by atoms with van der Waals surface area (Å²) in [5.74, 6) is 2.22. The molecule has 1 aliphatic rings. The summed E-state index contributed by atoms with van der Waals surface area (Å²) in [5, 5.41) is 2.98. The molecule has 0 spiro atoms. The number of rotatable bonds is 20. The summed E-state index contributed by atoms with van der Waals surface area (Å²) in [4.78, 5) is 35.9. The molecule has 0 radical (unpaired) electrons. The number of likely N-dealkylation sites (N-methyl/N-ethyl adjacent to an activating group) is 1. The van der Waals surface area contributed by atoms with Crippen LogP contribution in [0.25, 0.3) is 0 Å². The van der Waals surface area contributed by atoms with Crippen molar-refractivity contribution < 1.29 is 51.7 Å². The molecule has 13 heteroatoms. The number of esters is 1. The van der Waals surface area contributed by atoms with Gasteiger partial charge in [0.15, 0.2) is 23.0 Å². The van der Waals surface area contributed by atoms with Gasteiger partial charge in [0.25, 0.3) is 0 Å². The maximum Gasteiger partial charge on any atom is 0.511 e. The SMILES string of the molecule is COc1ccc(C[N+](C)(CCOC(=O)OCOC(=O)CCC[N+]2(Cc3ccc(OC)c(OC)c3)CCCCC2)Cc2ccc(N=O)cc2)cc1OC. The quantitative estimate of drug-likeness (QED) is 0.0526. The smallest absolute Gasteiger partial charge is 0.493 e. The molecule has 4 rings (SSSR count). The molecule has 52 heavy (non-hydrogen) atoms. The average Bonchev–Trinajstić information content (AvgIpc) is 3.15. The molecule has 3 aromatic carbocycles. The van der Waals surface area contributed by atoms with Crippen molar-refractivity contribution in [3.8, 4) is 23.0 Å². The lowest BCUT2D eigenvalue weighted by atomic mass is 10.0. The summed E-state index contributed by atoms with van der Waals surface area (Å²) >= 11 is 0. The zero-order chi connectivity index (χ0) is 37.4. The van der Waals surface area contributed by atoms with E-state index < -0.39 is 18.9 Å². The van der Waals surface area contributed by atoms with E-state index in [1.54, 1.807) is 40.6 Å². The molecule has 0 bridgehead atoms. The molecule has 1 atom stereocenters. The van der Waals surface area contributed by atoms with Crippen LogP contribution in [0.15, 0.2) is 65.8 Å². The van der Waals surface area contributed by atoms with Crippen LogP contribution in [0.2, 0.25) is 0 Å². The van der Waals surface area contributed by atoms with Crippen LogP contribution in [0, 0.1) is 4.91 Å². The molecule has 0 aliphatic carbocycles. The number of ether oxygens (including phenoxy) is 7. The Labute approximate surface area is 306 Å². The van der Waals surface area contributed by atoms with Crippen molar-refractivity contribution in [3.63, 3.8) is 0 Å². The summed E-state index contributed by atoms with van der Waals surface area (Å²) in [6.45, 7) is 4.94. The van der Waals surface area contributed by atoms with Gasteiger partial charge in [-0.05, 0) is 73.0 Å². The molecule has 1 heterocycles. The summed E-state index contributed by atoms with van der Waals surface area (Å²) in [6, 6.07) is 18.8. The van der Waals surface area contributed by atoms with E-state index in [0.29, 0.717) is 59.2 Å². The van der Waals surface area contributed by atoms with Gasteiger partial charge in [-0.1, -0.05) is 12.1 Å². The summed E-state index contributed by atoms with van der Waals surface area (Å²) < 4.78 is 38.8. The Morgan fingerprint density at radius 3 is 1.90 bits per heavy atom. The maximum atomic E-state index is 12.6. The maximum absolute atomic E-state index is 12.6. The van der Waals surface area contributed by atoms with Crippen molar-refractivity contribution in [2.45, 2.75) is 51.7 Å². The highest BCUT2D eigenvalue weighted by Gasteiger charge is 2.31. The van der Waals surface area contributed by atoms with Crippen LogP contribution in [0.1, 0.15) is 48.8 Å². The van der Waals surface area contributed by atoms with E-state index in [2.05, 4.69) is 11.2 Å². The van der Waals surface area contributed by atoms with E-state index in [4.69, 9.17) is 33.2 Å². The molecule has 0 amide bonds. The monoisotopic (exact) mass is 723 g/mol. The van der Waals surface area contributed by atoms with Gasteiger partial charge in [-0.2, -0.15) is 0 Å². The fraction of sp³-hybridized carbons (Fsp3) is 0.487. The molecule has 1 unspecified atom stereocenters. The van der Waals surface area contributed by atoms with Crippen molar-refractivity contribution >= 4 is 17.8 Å². The summed E-state index contributed by atoms with van der Waals surface area (Å²) in [7, 11) is 8.48. The molecular formula is C39H53N3O10+2. The normalized spacial score (nSPS) is 14.7. The van der Waals surface area contributed by atoms with Gasteiger partial charge in [-0.3, -0.25) is 4.79 Å². The molecule has 1 saturated heterocycles. The molecule has 1 aliphatic heterocycles. The number of hydrogen-bond acceptors (Lipinski definition) is 11. The number of carbonyl (C=O) groups is 2. The number of likely N-dealkylation sites (tertiary alicyclic amines) is 1. The molecule has 1 fully saturated rings. The third-order valence-corrected chi connectivity index (χ3v) is 9.61. The molecular weight excluding hydrogens is 670 g/mol. The standard InChI is InChI=1S/C39H53N3O10/c1-41(26-30-11-15-33(40-45)16-12-30,27-31-13-17-34(46-2)36(24-31)48-4)22-23-50-39(44)52-29-51-38(43)10-9-21-42(19-7-6-8-20-42)28-32-14-18-35(47-3)37(25-32)49-5/h11-18,24-25H,6-10,19-23,26-29H2,1-5H3/q+2. The molecule has 0 aromatic heterocycles. The number of quaternary nitrogens is 2. The molecule has 0 saturated carbocycles. The Bertz CT molecular complexity index is 1610. The lowest BCUT2D eigenvalue weighted by molar-refractivity contribution is -0.945. The number of methoxy groups -OCH3 is 4. The van der Waals surface area contributed by atoms with Crippen molar-refractivity contribution in [2.75, 3.05) is 75.1 Å². The first-order valence-electron chi connectivity index (χ1n) is 17.6. The van der Waals surface area contributed by atoms with Gasteiger partial charge in [0.1, 0.15) is 38.5 Å². The first-order valence-corrected chi connectivity index (χ1v) is 17.6. The Morgan fingerprint density at radius 2 is 1.29 bits per heavy atom. The predicted molar refractivity (Wildman–Crippen MR) is 194 cm³/mol. The van der Waals surface area contributed by atoms with Gasteiger partial charge < -0.3 is 42.1 Å². The number of nitrogens with zero attached hydrogens (tertiary/aromatic N) is 3. The minimum atomic E-state index is -0.917. The molecule has 3 aromatic rings. The Kier molecular flexibility index (Phi) is 15.1. The number of carbonyl (C=O) groups excluding carboxylic acids is 2. The summed E-state index contributed by atoms with van der Waals surface area (Å²) in [6.07, 6.45) is 3.47. The van der Waals surface area contributed by atoms with Gasteiger partial charge in [-0.25, -0.2) is 4.79 Å². The topological polar surface area (TPSA) is 128 Å². The lowest BCUT2D eigenvalue weighted by Gasteiger charge is -2.42. The average molecular weight is 724 g/mol. The number of benzene rings is 3. The first-order chi connectivity index (χ1) is 25.1. The largest absolute Gasteiger partial charge is 0.511 e. The minimum Gasteiger partial charge on any atom is -0.493 e. The number of hydrogen-bond donors (Lipinski definition) is 0. The van der Waals surface area contributed by atoms with Crippen molar-refractivity contribution in [1.82, 2.24) is 0 Å². The van der Waals surface area contributed by atoms with Crippen LogP contribution in [0.3, 0.4) is 0 Å². The van der Waals surface area contributed by atoms with Crippen LogP contribution in [0.5, 0.6) is 23.0 Å². The van der Waals surface area contributed by atoms with Crippen LogP contribution in [0.4, 0.5) is 10.5 Å². The van der Waals surface area contributed by atoms with E-state index in [9.17, 15) is 14.5 Å². The van der Waals surface area contributed by atoms with Crippen LogP contribution in [-0.4, -0.2) is 96.2 Å². The van der Waals surface area contributed by atoms with Gasteiger partial charge in [0.05, 0.1) is 61.5 Å². The lowest BCUT2D eigenvalue weighted by Crippen LogP contribution is -2.51. The highest BCUT2D eigenvalue weighted by Crippen LogP contribution is 2.32. The fourth-order valence-corrected chi connectivity index (χ4v) is 6.91. The first kappa shape index (κ1) is 39.9.